The van der Waals surface area contributed by atoms with E-state index in [0.29, 0.717) is 29.1 Å². The van der Waals surface area contributed by atoms with Crippen molar-refractivity contribution in [1.82, 2.24) is 4.90 Å². The number of aliphatic carboxylic acids is 1. The Hall–Kier alpha value is -4.41. The summed E-state index contributed by atoms with van der Waals surface area (Å²) in [5.41, 5.74) is 11.9. The third-order valence-corrected chi connectivity index (χ3v) is 4.88. The van der Waals surface area contributed by atoms with Gasteiger partial charge in [0.15, 0.2) is 17.3 Å². The predicted octanol–water partition coefficient (Wildman–Crippen LogP) is 2.24. The van der Waals surface area contributed by atoms with Crippen LogP contribution in [0.3, 0.4) is 0 Å². The van der Waals surface area contributed by atoms with E-state index in [9.17, 15) is 14.4 Å². The normalized spacial score (nSPS) is 12.1. The van der Waals surface area contributed by atoms with Crippen LogP contribution in [0.1, 0.15) is 54.0 Å². The molecule has 0 aliphatic carbocycles. The second-order valence-corrected chi connectivity index (χ2v) is 8.34. The molecule has 0 aromatic heterocycles. The second-order valence-electron chi connectivity index (χ2n) is 8.34. The zero-order chi connectivity index (χ0) is 27.0. The quantitative estimate of drug-likeness (QED) is 0.213. The number of hydrogen-bond donors (Lipinski definition) is 3. The monoisotopic (exact) mass is 498 g/mol. The topological polar surface area (TPSA) is 175 Å². The van der Waals surface area contributed by atoms with Crippen LogP contribution >= 0.6 is 0 Å². The van der Waals surface area contributed by atoms with Crippen LogP contribution in [-0.2, 0) is 20.9 Å². The highest BCUT2D eigenvalue weighted by molar-refractivity contribution is 6.04. The Labute approximate surface area is 208 Å². The Morgan fingerprint density at radius 1 is 1.11 bits per heavy atom. The number of nitrogens with zero attached hydrogens (tertiary/aromatic N) is 2. The lowest BCUT2D eigenvalue weighted by molar-refractivity contribution is -0.158. The third-order valence-electron chi connectivity index (χ3n) is 4.88. The molecule has 192 valence electrons. The number of nitrogens with two attached hydrogens (primary N) is 2. The minimum Gasteiger partial charge on any atom is -0.481 e. The van der Waals surface area contributed by atoms with Crippen LogP contribution in [0.25, 0.3) is 0 Å². The second kappa shape index (κ2) is 11.8. The van der Waals surface area contributed by atoms with Crippen LogP contribution in [-0.4, -0.2) is 58.3 Å². The molecule has 0 radical (unpaired) electrons. The van der Waals surface area contributed by atoms with E-state index in [1.165, 1.54) is 4.90 Å². The first-order valence-corrected chi connectivity index (χ1v) is 11.0. The van der Waals surface area contributed by atoms with E-state index in [0.717, 1.165) is 12.5 Å². The number of Topliss-reactive ketones (excluding diaryl/α,β-unsaturated/α-hetero) is 1. The zero-order valence-corrected chi connectivity index (χ0v) is 20.6. The maximum atomic E-state index is 12.7. The van der Waals surface area contributed by atoms with Crippen LogP contribution in [0.5, 0.6) is 5.75 Å². The first-order chi connectivity index (χ1) is 16.8. The molecule has 2 aromatic carbocycles. The standard InChI is InChI=1S/C23H26N4O5.C2H4O2/c1-4-31-21(30)23(2,3)32-17-8-5-14(6-9-17)19(28)13-27-12-15-11-16(26-22(24)25)7-10-18(15)20(27)29;1-2(3)4/h5-11H,4,12-13H2,1-3H3,(H4,24,25,26);1H3,(H,3,4). The molecule has 0 fully saturated rings. The molecule has 0 saturated carbocycles. The molecule has 1 amide bonds. The summed E-state index contributed by atoms with van der Waals surface area (Å²) in [6, 6.07) is 11.5. The third kappa shape index (κ3) is 7.55. The molecule has 36 heavy (non-hydrogen) atoms. The van der Waals surface area contributed by atoms with Crippen molar-refractivity contribution in [3.8, 4) is 5.75 Å². The molecular formula is C25H30N4O7. The Bertz CT molecular complexity index is 1170. The number of ether oxygens (including phenoxy) is 2. The molecule has 11 heteroatoms. The van der Waals surface area contributed by atoms with Crippen molar-refractivity contribution >= 4 is 35.3 Å². The Morgan fingerprint density at radius 3 is 2.28 bits per heavy atom. The van der Waals surface area contributed by atoms with Crippen LogP contribution in [0.15, 0.2) is 47.5 Å². The van der Waals surface area contributed by atoms with Crippen LogP contribution in [0.4, 0.5) is 5.69 Å². The fourth-order valence-corrected chi connectivity index (χ4v) is 3.33. The zero-order valence-electron chi connectivity index (χ0n) is 20.6. The van der Waals surface area contributed by atoms with Gasteiger partial charge in [0.2, 0.25) is 0 Å². The van der Waals surface area contributed by atoms with E-state index in [1.807, 2.05) is 0 Å². The number of guanidine groups is 1. The molecule has 0 spiro atoms. The van der Waals surface area contributed by atoms with E-state index in [4.69, 9.17) is 30.8 Å². The number of carboxylic acids is 1. The number of fused-ring (bicyclic) bond motifs is 1. The lowest BCUT2D eigenvalue weighted by Crippen LogP contribution is -2.39. The molecule has 1 aliphatic heterocycles. The molecule has 0 saturated heterocycles. The largest absolute Gasteiger partial charge is 0.481 e. The van der Waals surface area contributed by atoms with Crippen LogP contribution in [0.2, 0.25) is 0 Å². The lowest BCUT2D eigenvalue weighted by atomic mass is 10.1. The summed E-state index contributed by atoms with van der Waals surface area (Å²) in [5, 5.41) is 7.42. The van der Waals surface area contributed by atoms with E-state index >= 15 is 0 Å². The van der Waals surface area contributed by atoms with Gasteiger partial charge in [0.25, 0.3) is 11.9 Å². The molecule has 2 aromatic rings. The van der Waals surface area contributed by atoms with E-state index < -0.39 is 17.5 Å². The summed E-state index contributed by atoms with van der Waals surface area (Å²) < 4.78 is 10.7. The Kier molecular flexibility index (Phi) is 9.14. The molecule has 0 atom stereocenters. The summed E-state index contributed by atoms with van der Waals surface area (Å²) in [6.07, 6.45) is 0. The summed E-state index contributed by atoms with van der Waals surface area (Å²) in [4.78, 5) is 51.8. The van der Waals surface area contributed by atoms with Gasteiger partial charge in [-0.05, 0) is 68.8 Å². The predicted molar refractivity (Wildman–Crippen MR) is 132 cm³/mol. The number of aliphatic imine (C=N–C) groups is 1. The SMILES string of the molecule is CC(=O)O.CCOC(=O)C(C)(C)Oc1ccc(C(=O)CN2Cc3cc(N=C(N)N)ccc3C2=O)cc1. The van der Waals surface area contributed by atoms with Crippen molar-refractivity contribution in [1.29, 1.82) is 0 Å². The minimum atomic E-state index is -1.16. The molecule has 3 rings (SSSR count). The number of esters is 1. The maximum absolute atomic E-state index is 12.7. The number of carbonyl (C=O) groups is 4. The van der Waals surface area contributed by atoms with E-state index in [-0.39, 0.29) is 30.8 Å². The van der Waals surface area contributed by atoms with E-state index in [1.54, 1.807) is 63.2 Å². The average Bonchev–Trinajstić information content (AvgIpc) is 3.07. The summed E-state index contributed by atoms with van der Waals surface area (Å²) in [7, 11) is 0. The minimum absolute atomic E-state index is 0.0698. The van der Waals surface area contributed by atoms with Gasteiger partial charge in [-0.3, -0.25) is 14.4 Å². The number of rotatable bonds is 8. The van der Waals surface area contributed by atoms with Gasteiger partial charge in [-0.25, -0.2) is 9.79 Å². The Balaban J connectivity index is 0.00000106. The first kappa shape index (κ1) is 27.8. The number of hydrogen-bond acceptors (Lipinski definition) is 7. The van der Waals surface area contributed by atoms with Gasteiger partial charge in [0.05, 0.1) is 18.8 Å². The van der Waals surface area contributed by atoms with Crippen molar-refractivity contribution in [2.75, 3.05) is 13.2 Å². The summed E-state index contributed by atoms with van der Waals surface area (Å²) >= 11 is 0. The highest BCUT2D eigenvalue weighted by Gasteiger charge is 2.32. The highest BCUT2D eigenvalue weighted by Crippen LogP contribution is 2.27. The number of carboxylic acid groups (broad SMARTS) is 1. The highest BCUT2D eigenvalue weighted by atomic mass is 16.6. The molecule has 1 aliphatic rings. The van der Waals surface area contributed by atoms with Gasteiger partial charge >= 0.3 is 5.97 Å². The fourth-order valence-electron chi connectivity index (χ4n) is 3.33. The molecule has 11 nitrogen and oxygen atoms in total. The number of benzene rings is 2. The van der Waals surface area contributed by atoms with Crippen molar-refractivity contribution in [3.05, 3.63) is 59.2 Å². The van der Waals surface area contributed by atoms with Crippen LogP contribution in [0, 0.1) is 0 Å². The smallest absolute Gasteiger partial charge is 0.349 e. The molecule has 1 heterocycles. The van der Waals surface area contributed by atoms with Crippen molar-refractivity contribution in [2.24, 2.45) is 16.5 Å². The van der Waals surface area contributed by atoms with E-state index in [2.05, 4.69) is 4.99 Å². The van der Waals surface area contributed by atoms with Crippen LogP contribution < -0.4 is 16.2 Å². The number of carbonyl (C=O) groups excluding carboxylic acids is 3. The average molecular weight is 499 g/mol. The Morgan fingerprint density at radius 2 is 1.72 bits per heavy atom. The lowest BCUT2D eigenvalue weighted by Gasteiger charge is -2.24. The number of ketones is 1. The van der Waals surface area contributed by atoms with Gasteiger partial charge in [-0.2, -0.15) is 0 Å². The van der Waals surface area contributed by atoms with Gasteiger partial charge in [-0.15, -0.1) is 0 Å². The van der Waals surface area contributed by atoms with Crippen molar-refractivity contribution in [2.45, 2.75) is 39.8 Å². The molecular weight excluding hydrogens is 468 g/mol. The van der Waals surface area contributed by atoms with Gasteiger partial charge in [0, 0.05) is 24.6 Å². The number of amides is 1. The van der Waals surface area contributed by atoms with Crippen molar-refractivity contribution < 1.29 is 33.8 Å². The van der Waals surface area contributed by atoms with Gasteiger partial charge in [-0.1, -0.05) is 0 Å². The molecule has 5 N–H and O–H groups in total. The van der Waals surface area contributed by atoms with Crippen molar-refractivity contribution in [3.63, 3.8) is 0 Å². The molecule has 0 bridgehead atoms. The maximum Gasteiger partial charge on any atom is 0.349 e. The first-order valence-electron chi connectivity index (χ1n) is 11.0. The van der Waals surface area contributed by atoms with Gasteiger partial charge < -0.3 is 30.9 Å². The molecule has 0 unspecified atom stereocenters. The summed E-state index contributed by atoms with van der Waals surface area (Å²) in [5.74, 6) is -1.39. The van der Waals surface area contributed by atoms with Gasteiger partial charge in [0.1, 0.15) is 5.75 Å². The summed E-state index contributed by atoms with van der Waals surface area (Å²) in [6.45, 7) is 6.51. The fraction of sp³-hybridized carbons (Fsp3) is 0.320.